The Morgan fingerprint density at radius 1 is 0.727 bits per heavy atom. The number of imidazole rings is 2. The van der Waals surface area contributed by atoms with E-state index in [-0.39, 0.29) is 30.1 Å². The van der Waals surface area contributed by atoms with E-state index in [0.717, 1.165) is 104 Å². The van der Waals surface area contributed by atoms with E-state index in [4.69, 9.17) is 19.7 Å². The third-order valence-electron chi connectivity index (χ3n) is 16.7. The Morgan fingerprint density at radius 2 is 1.30 bits per heavy atom. The summed E-state index contributed by atoms with van der Waals surface area (Å²) in [5.74, 6) is 2.32. The van der Waals surface area contributed by atoms with Crippen molar-refractivity contribution in [2.75, 3.05) is 17.2 Å². The number of hydrogen-bond acceptors (Lipinski definition) is 14. The minimum Gasteiger partial charge on any atom is -0.396 e. The van der Waals surface area contributed by atoms with Crippen molar-refractivity contribution in [3.8, 4) is 0 Å². The summed E-state index contributed by atoms with van der Waals surface area (Å²) in [7, 11) is 0. The number of nitrogens with zero attached hydrogens (tertiary/aromatic N) is 13. The molecule has 66 heavy (non-hydrogen) atoms. The smallest absolute Gasteiger partial charge is 0.332 e. The van der Waals surface area contributed by atoms with E-state index < -0.39 is 16.7 Å². The molecule has 8 aromatic heterocycles. The Labute approximate surface area is 375 Å². The third-order valence-corrected chi connectivity index (χ3v) is 16.7. The average Bonchev–Trinajstić information content (AvgIpc) is 4.06. The zero-order valence-corrected chi connectivity index (χ0v) is 36.8. The zero-order valence-electron chi connectivity index (χ0n) is 36.8. The molecule has 0 aliphatic heterocycles. The van der Waals surface area contributed by atoms with Gasteiger partial charge in [-0.2, -0.15) is 20.2 Å². The highest BCUT2D eigenvalue weighted by atomic mass is 16.5. The van der Waals surface area contributed by atoms with Crippen molar-refractivity contribution in [1.29, 1.82) is 0 Å². The fraction of sp³-hybridized carbons (Fsp3) is 0.522. The zero-order chi connectivity index (χ0) is 44.3. The molecule has 4 N–H and O–H groups in total. The first-order valence-corrected chi connectivity index (χ1v) is 23.3. The topological polar surface area (TPSA) is 230 Å². The lowest BCUT2D eigenvalue weighted by Crippen LogP contribution is -2.62. The van der Waals surface area contributed by atoms with Crippen LogP contribution in [0.15, 0.2) is 59.2 Å². The first-order chi connectivity index (χ1) is 32.0. The second-order valence-corrected chi connectivity index (χ2v) is 21.2. The molecule has 0 aromatic carbocycles. The molecule has 8 bridgehead atoms. The van der Waals surface area contributed by atoms with Crippen molar-refractivity contribution in [2.45, 2.75) is 114 Å². The maximum absolute atomic E-state index is 15.3. The van der Waals surface area contributed by atoms with Crippen molar-refractivity contribution in [1.82, 2.24) is 67.8 Å². The van der Waals surface area contributed by atoms with Crippen LogP contribution in [-0.4, -0.2) is 85.1 Å². The Kier molecular flexibility index (Phi) is 7.80. The van der Waals surface area contributed by atoms with Crippen LogP contribution in [0.5, 0.6) is 0 Å². The summed E-state index contributed by atoms with van der Waals surface area (Å²) in [5.41, 5.74) is 5.14. The fourth-order valence-corrected chi connectivity index (χ4v) is 15.1. The number of nitrogens with one attached hydrogen (secondary N) is 3. The van der Waals surface area contributed by atoms with Gasteiger partial charge >= 0.3 is 11.4 Å². The van der Waals surface area contributed by atoms with Crippen LogP contribution in [0.4, 0.5) is 23.3 Å². The molecule has 4 atom stereocenters. The first kappa shape index (κ1) is 38.7. The first-order valence-electron chi connectivity index (χ1n) is 23.3. The van der Waals surface area contributed by atoms with Crippen LogP contribution in [-0.2, 0) is 22.5 Å². The van der Waals surface area contributed by atoms with Crippen LogP contribution in [0, 0.1) is 42.9 Å². The van der Waals surface area contributed by atoms with Gasteiger partial charge in [-0.25, -0.2) is 38.6 Å². The number of aromatic nitrogens is 14. The number of fused-ring (bicyclic) bond motifs is 4. The summed E-state index contributed by atoms with van der Waals surface area (Å²) < 4.78 is 16.2. The average molecular weight is 891 g/mol. The fourth-order valence-electron chi connectivity index (χ4n) is 15.1. The van der Waals surface area contributed by atoms with Gasteiger partial charge in [0, 0.05) is 13.0 Å². The van der Waals surface area contributed by atoms with Crippen molar-refractivity contribution in [2.24, 2.45) is 29.1 Å². The molecule has 0 spiro atoms. The highest BCUT2D eigenvalue weighted by Crippen LogP contribution is 2.65. The van der Waals surface area contributed by atoms with Gasteiger partial charge in [0.25, 0.3) is 0 Å². The second-order valence-electron chi connectivity index (χ2n) is 21.2. The van der Waals surface area contributed by atoms with E-state index in [9.17, 15) is 9.90 Å². The van der Waals surface area contributed by atoms with Gasteiger partial charge in [-0.05, 0) is 137 Å². The second kappa shape index (κ2) is 13.3. The predicted octanol–water partition coefficient (Wildman–Crippen LogP) is 5.23. The maximum Gasteiger partial charge on any atom is 0.332 e. The number of H-pyrrole nitrogens is 1. The monoisotopic (exact) mass is 890 g/mol. The lowest BCUT2D eigenvalue weighted by molar-refractivity contribution is -0.202. The van der Waals surface area contributed by atoms with Crippen molar-refractivity contribution in [3.05, 3.63) is 81.7 Å². The minimum absolute atomic E-state index is 0.0264. The Morgan fingerprint density at radius 3 is 1.92 bits per heavy atom. The Bertz CT molecular complexity index is 3420. The predicted molar refractivity (Wildman–Crippen MR) is 241 cm³/mol. The van der Waals surface area contributed by atoms with E-state index in [1.165, 1.54) is 12.7 Å². The Balaban J connectivity index is 0.826. The van der Waals surface area contributed by atoms with E-state index >= 15 is 4.79 Å². The van der Waals surface area contributed by atoms with Gasteiger partial charge in [0.1, 0.15) is 30.4 Å². The van der Waals surface area contributed by atoms with Gasteiger partial charge in [0.2, 0.25) is 11.9 Å². The number of aromatic amines is 1. The molecular formula is C46H50N16O4. The van der Waals surface area contributed by atoms with Gasteiger partial charge in [-0.1, -0.05) is 0 Å². The number of hydrogen-bond donors (Lipinski definition) is 4. The minimum atomic E-state index is -0.569. The van der Waals surface area contributed by atoms with E-state index in [2.05, 4.69) is 40.8 Å². The van der Waals surface area contributed by atoms with E-state index in [1.807, 2.05) is 47.5 Å². The van der Waals surface area contributed by atoms with Crippen LogP contribution in [0.3, 0.4) is 0 Å². The van der Waals surface area contributed by atoms with Crippen molar-refractivity contribution >= 4 is 56.9 Å². The highest BCUT2D eigenvalue weighted by Gasteiger charge is 2.61. The number of aliphatic hydroxyl groups excluding tert-OH is 1. The molecule has 8 fully saturated rings. The van der Waals surface area contributed by atoms with Crippen LogP contribution >= 0.6 is 0 Å². The number of rotatable bonds is 10. The summed E-state index contributed by atoms with van der Waals surface area (Å²) in [4.78, 5) is 60.7. The Hall–Kier alpha value is -6.54. The van der Waals surface area contributed by atoms with Crippen molar-refractivity contribution < 1.29 is 9.84 Å². The molecule has 20 nitrogen and oxygen atoms in total. The lowest BCUT2D eigenvalue weighted by Gasteiger charge is -2.61. The standard InChI is InChI=1S/C46H50N16O4/c1-25-3-35-49-22-51-59(35)17-32(25)53-39-47-15-31-37(56-39)61(41(64)55-31)45-11-29-6-30(12-45)14-46(13-29,20-45)66-24-58-34-16-48-40(54-33-18-60-36(4-26(33)2)50-23-52-60)57-38(34)62(42(58)65)44-9-27-5-28(10-44)8-43(7-27,19-44)21-63/h3-4,15-18,22-23,27-30,63H,5-14,19-21,24H2,1-2H3,(H,55,64)(H,47,53,56)(H,48,54,57). The summed E-state index contributed by atoms with van der Waals surface area (Å²) >= 11 is 0. The molecule has 8 heterocycles. The normalized spacial score (nSPS) is 30.8. The number of pyridine rings is 2. The molecule has 8 aliphatic rings. The molecule has 0 amide bonds. The number of aliphatic hydroxyl groups is 1. The summed E-state index contributed by atoms with van der Waals surface area (Å²) in [5, 5.41) is 26.3. The number of anilines is 4. The molecule has 0 radical (unpaired) electrons. The molecule has 338 valence electrons. The number of aryl methyl sites for hydroxylation is 2. The summed E-state index contributed by atoms with van der Waals surface area (Å²) in [6.45, 7) is 4.14. The quantitative estimate of drug-likeness (QED) is 0.138. The van der Waals surface area contributed by atoms with Gasteiger partial charge in [-0.3, -0.25) is 13.7 Å². The van der Waals surface area contributed by atoms with E-state index in [0.29, 0.717) is 64.3 Å². The van der Waals surface area contributed by atoms with Crippen LogP contribution < -0.4 is 22.0 Å². The molecule has 4 unspecified atom stereocenters. The van der Waals surface area contributed by atoms with Gasteiger partial charge in [-0.15, -0.1) is 0 Å². The number of ether oxygens (including phenoxy) is 1. The molecule has 8 aliphatic carbocycles. The molecular weight excluding hydrogens is 841 g/mol. The lowest BCUT2D eigenvalue weighted by atomic mass is 9.47. The van der Waals surface area contributed by atoms with Crippen LogP contribution in [0.1, 0.15) is 88.2 Å². The van der Waals surface area contributed by atoms with Crippen LogP contribution in [0.2, 0.25) is 0 Å². The van der Waals surface area contributed by atoms with Gasteiger partial charge in [0.15, 0.2) is 22.6 Å². The molecule has 20 heteroatoms. The van der Waals surface area contributed by atoms with Crippen molar-refractivity contribution in [3.63, 3.8) is 0 Å². The molecule has 16 rings (SSSR count). The summed E-state index contributed by atoms with van der Waals surface area (Å²) in [6, 6.07) is 3.90. The molecule has 8 aromatic rings. The maximum atomic E-state index is 15.3. The molecule has 0 saturated heterocycles. The van der Waals surface area contributed by atoms with E-state index in [1.54, 1.807) is 26.0 Å². The van der Waals surface area contributed by atoms with Gasteiger partial charge in [0.05, 0.1) is 52.8 Å². The largest absolute Gasteiger partial charge is 0.396 e. The summed E-state index contributed by atoms with van der Waals surface area (Å²) in [6.07, 6.45) is 20.9. The highest BCUT2D eigenvalue weighted by molar-refractivity contribution is 5.75. The van der Waals surface area contributed by atoms with Gasteiger partial charge < -0.3 is 25.5 Å². The SMILES string of the molecule is Cc1cc2ncnn2cc1Nc1ncc2[nH]c(=O)n(C34CC5CC(CC(OCn6c(=O)n(C78CC9CC(CC(CO)(C9)C7)C8)c7nc(Nc8cn9ncnc9cc8C)ncc76)(C5)C3)C4)c2n1. The molecule has 8 saturated carbocycles. The third kappa shape index (κ3) is 5.62. The van der Waals surface area contributed by atoms with Crippen LogP contribution in [0.25, 0.3) is 33.6 Å².